The van der Waals surface area contributed by atoms with Crippen LogP contribution in [0.3, 0.4) is 0 Å². The fourth-order valence-corrected chi connectivity index (χ4v) is 2.75. The smallest absolute Gasteiger partial charge is 0.416 e. The number of hydrogen-bond acceptors (Lipinski definition) is 2. The maximum absolute atomic E-state index is 13.0. The summed E-state index contributed by atoms with van der Waals surface area (Å²) in [5.41, 5.74) is 0.410. The molecule has 0 unspecified atom stereocenters. The number of aromatic nitrogens is 1. The average Bonchev–Trinajstić information content (AvgIpc) is 2.63. The van der Waals surface area contributed by atoms with Crippen molar-refractivity contribution in [1.29, 1.82) is 0 Å². The van der Waals surface area contributed by atoms with Crippen molar-refractivity contribution < 1.29 is 17.9 Å². The molecule has 6 heteroatoms. The lowest BCUT2D eigenvalue weighted by Crippen LogP contribution is -2.12. The molecule has 1 heterocycles. The summed E-state index contributed by atoms with van der Waals surface area (Å²) >= 11 is 0. The number of alkyl halides is 3. The molecular formula is C20H16F3NO2. The summed E-state index contributed by atoms with van der Waals surface area (Å²) in [6.07, 6.45) is -1.28. The molecule has 0 bridgehead atoms. The van der Waals surface area contributed by atoms with Crippen LogP contribution in [0.25, 0.3) is 22.3 Å². The molecule has 0 atom stereocenters. The highest BCUT2D eigenvalue weighted by molar-refractivity contribution is 5.72. The lowest BCUT2D eigenvalue weighted by atomic mass is 9.99. The highest BCUT2D eigenvalue weighted by atomic mass is 19.4. The Morgan fingerprint density at radius 2 is 1.54 bits per heavy atom. The number of halogens is 3. The minimum absolute atomic E-state index is 0.215. The van der Waals surface area contributed by atoms with Crippen molar-refractivity contribution in [3.05, 3.63) is 76.7 Å². The first-order valence-electron chi connectivity index (χ1n) is 7.82. The number of benzene rings is 2. The van der Waals surface area contributed by atoms with E-state index in [9.17, 15) is 18.0 Å². The Morgan fingerprint density at radius 1 is 0.923 bits per heavy atom. The van der Waals surface area contributed by atoms with E-state index in [0.29, 0.717) is 16.9 Å². The molecule has 3 aromatic rings. The van der Waals surface area contributed by atoms with Crippen molar-refractivity contribution in [1.82, 2.24) is 4.57 Å². The van der Waals surface area contributed by atoms with E-state index in [2.05, 4.69) is 0 Å². The van der Waals surface area contributed by atoms with Crippen molar-refractivity contribution in [2.24, 2.45) is 7.05 Å². The van der Waals surface area contributed by atoms with E-state index < -0.39 is 11.7 Å². The van der Waals surface area contributed by atoms with Gasteiger partial charge in [-0.25, -0.2) is 0 Å². The van der Waals surface area contributed by atoms with Crippen LogP contribution in [0.1, 0.15) is 5.56 Å². The molecule has 0 fully saturated rings. The van der Waals surface area contributed by atoms with Crippen LogP contribution >= 0.6 is 0 Å². The number of methoxy groups -OCH3 is 1. The van der Waals surface area contributed by atoms with E-state index >= 15 is 0 Å². The average molecular weight is 359 g/mol. The molecule has 134 valence electrons. The highest BCUT2D eigenvalue weighted by Gasteiger charge is 2.30. The quantitative estimate of drug-likeness (QED) is 0.676. The standard InChI is InChI=1S/C20H16F3NO2/c1-24-11-17(13-6-8-16(26-2)9-7-13)19(25)18(12-24)14-4-3-5-15(10-14)20(21,22)23/h3-12H,1-2H3. The van der Waals surface area contributed by atoms with Crippen LogP contribution in [-0.2, 0) is 13.2 Å². The molecule has 0 saturated carbocycles. The minimum Gasteiger partial charge on any atom is -0.497 e. The molecule has 3 nitrogen and oxygen atoms in total. The third-order valence-electron chi connectivity index (χ3n) is 4.06. The van der Waals surface area contributed by atoms with Crippen LogP contribution in [0.2, 0.25) is 0 Å². The Labute approximate surface area is 148 Å². The van der Waals surface area contributed by atoms with Gasteiger partial charge in [-0.15, -0.1) is 0 Å². The third-order valence-corrected chi connectivity index (χ3v) is 4.06. The van der Waals surface area contributed by atoms with Crippen LogP contribution in [0.4, 0.5) is 13.2 Å². The number of pyridine rings is 1. The minimum atomic E-state index is -4.46. The molecule has 0 amide bonds. The van der Waals surface area contributed by atoms with Gasteiger partial charge in [0.1, 0.15) is 5.75 Å². The summed E-state index contributed by atoms with van der Waals surface area (Å²) in [6, 6.07) is 11.7. The van der Waals surface area contributed by atoms with Crippen LogP contribution < -0.4 is 10.2 Å². The summed E-state index contributed by atoms with van der Waals surface area (Å²) in [6.45, 7) is 0. The SMILES string of the molecule is COc1ccc(-c2cn(C)cc(-c3cccc(C(F)(F)F)c3)c2=O)cc1. The number of aryl methyl sites for hydroxylation is 1. The summed E-state index contributed by atoms with van der Waals surface area (Å²) in [4.78, 5) is 12.9. The normalized spacial score (nSPS) is 11.4. The maximum atomic E-state index is 13.0. The summed E-state index contributed by atoms with van der Waals surface area (Å²) in [7, 11) is 3.27. The van der Waals surface area contributed by atoms with E-state index in [-0.39, 0.29) is 16.6 Å². The fraction of sp³-hybridized carbons (Fsp3) is 0.150. The van der Waals surface area contributed by atoms with Gasteiger partial charge in [0.2, 0.25) is 0 Å². The number of hydrogen-bond donors (Lipinski definition) is 0. The number of ether oxygens (including phenoxy) is 1. The summed E-state index contributed by atoms with van der Waals surface area (Å²) < 4.78 is 45.7. The van der Waals surface area contributed by atoms with Crippen molar-refractivity contribution in [3.63, 3.8) is 0 Å². The van der Waals surface area contributed by atoms with Gasteiger partial charge in [-0.05, 0) is 35.4 Å². The van der Waals surface area contributed by atoms with E-state index in [4.69, 9.17) is 4.74 Å². The molecule has 0 aliphatic rings. The summed E-state index contributed by atoms with van der Waals surface area (Å²) in [5.74, 6) is 0.652. The van der Waals surface area contributed by atoms with Gasteiger partial charge in [0, 0.05) is 30.6 Å². The van der Waals surface area contributed by atoms with Crippen molar-refractivity contribution in [2.45, 2.75) is 6.18 Å². The Balaban J connectivity index is 2.15. The predicted molar refractivity (Wildman–Crippen MR) is 94.1 cm³/mol. The fourth-order valence-electron chi connectivity index (χ4n) is 2.75. The molecule has 2 aromatic carbocycles. The Kier molecular flexibility index (Phi) is 4.59. The second-order valence-electron chi connectivity index (χ2n) is 5.89. The zero-order valence-corrected chi connectivity index (χ0v) is 14.2. The van der Waals surface area contributed by atoms with Gasteiger partial charge >= 0.3 is 6.18 Å². The molecule has 0 spiro atoms. The first-order chi connectivity index (χ1) is 12.3. The van der Waals surface area contributed by atoms with Crippen LogP contribution in [0.15, 0.2) is 65.7 Å². The van der Waals surface area contributed by atoms with Gasteiger partial charge in [-0.2, -0.15) is 13.2 Å². The second kappa shape index (κ2) is 6.71. The number of nitrogens with zero attached hydrogens (tertiary/aromatic N) is 1. The van der Waals surface area contributed by atoms with Crippen molar-refractivity contribution >= 4 is 0 Å². The number of rotatable bonds is 3. The van der Waals surface area contributed by atoms with Crippen LogP contribution in [-0.4, -0.2) is 11.7 Å². The molecule has 0 saturated heterocycles. The molecule has 0 N–H and O–H groups in total. The molecule has 0 radical (unpaired) electrons. The van der Waals surface area contributed by atoms with Gasteiger partial charge < -0.3 is 9.30 Å². The van der Waals surface area contributed by atoms with Gasteiger partial charge in [-0.1, -0.05) is 24.3 Å². The Hall–Kier alpha value is -3.02. The van der Waals surface area contributed by atoms with Gasteiger partial charge in [0.25, 0.3) is 0 Å². The highest BCUT2D eigenvalue weighted by Crippen LogP contribution is 2.32. The molecule has 26 heavy (non-hydrogen) atoms. The largest absolute Gasteiger partial charge is 0.497 e. The third kappa shape index (κ3) is 3.49. The molecule has 1 aromatic heterocycles. The van der Waals surface area contributed by atoms with Crippen molar-refractivity contribution in [3.8, 4) is 28.0 Å². The second-order valence-corrected chi connectivity index (χ2v) is 5.89. The molecule has 0 aliphatic heterocycles. The first kappa shape index (κ1) is 17.8. The van der Waals surface area contributed by atoms with Crippen molar-refractivity contribution in [2.75, 3.05) is 7.11 Å². The van der Waals surface area contributed by atoms with Gasteiger partial charge in [0.05, 0.1) is 12.7 Å². The monoisotopic (exact) mass is 359 g/mol. The van der Waals surface area contributed by atoms with E-state index in [1.54, 1.807) is 49.2 Å². The topological polar surface area (TPSA) is 31.2 Å². The molecular weight excluding hydrogens is 343 g/mol. The Bertz CT molecular complexity index is 989. The zero-order valence-electron chi connectivity index (χ0n) is 14.2. The first-order valence-corrected chi connectivity index (χ1v) is 7.82. The van der Waals surface area contributed by atoms with Gasteiger partial charge in [0.15, 0.2) is 5.43 Å². The maximum Gasteiger partial charge on any atom is 0.416 e. The van der Waals surface area contributed by atoms with Crippen LogP contribution in [0.5, 0.6) is 5.75 Å². The molecule has 3 rings (SSSR count). The summed E-state index contributed by atoms with van der Waals surface area (Å²) in [5, 5.41) is 0. The lowest BCUT2D eigenvalue weighted by molar-refractivity contribution is -0.137. The Morgan fingerprint density at radius 3 is 2.12 bits per heavy atom. The van der Waals surface area contributed by atoms with Crippen LogP contribution in [0, 0.1) is 0 Å². The van der Waals surface area contributed by atoms with Gasteiger partial charge in [-0.3, -0.25) is 4.79 Å². The predicted octanol–water partition coefficient (Wildman–Crippen LogP) is 4.75. The van der Waals surface area contributed by atoms with E-state index in [0.717, 1.165) is 12.1 Å². The lowest BCUT2D eigenvalue weighted by Gasteiger charge is -2.12. The zero-order chi connectivity index (χ0) is 18.9. The van der Waals surface area contributed by atoms with E-state index in [1.165, 1.54) is 18.3 Å². The molecule has 0 aliphatic carbocycles. The van der Waals surface area contributed by atoms with E-state index in [1.807, 2.05) is 0 Å².